The van der Waals surface area contributed by atoms with Gasteiger partial charge in [-0.15, -0.1) is 10.2 Å². The predicted molar refractivity (Wildman–Crippen MR) is 84.4 cm³/mol. The Bertz CT molecular complexity index is 683. The fraction of sp³-hybridized carbons (Fsp3) is 0.400. The maximum Gasteiger partial charge on any atom is 0.212 e. The van der Waals surface area contributed by atoms with Crippen LogP contribution in [0.1, 0.15) is 32.2 Å². The van der Waals surface area contributed by atoms with Crippen molar-refractivity contribution in [1.82, 2.24) is 14.9 Å². The number of fused-ring (bicyclic) bond motifs is 1. The first kappa shape index (κ1) is 14.1. The van der Waals surface area contributed by atoms with E-state index >= 15 is 0 Å². The van der Waals surface area contributed by atoms with Gasteiger partial charge >= 0.3 is 0 Å². The molecule has 2 aromatic rings. The number of thioether (sulfide) groups is 1. The second-order valence-corrected chi connectivity index (χ2v) is 6.87. The predicted octanol–water partition coefficient (Wildman–Crippen LogP) is 2.94. The first-order valence-electron chi connectivity index (χ1n) is 6.80. The minimum absolute atomic E-state index is 0.0856. The molecule has 0 atom stereocenters. The van der Waals surface area contributed by atoms with E-state index in [4.69, 9.17) is 9.84 Å². The van der Waals surface area contributed by atoms with Gasteiger partial charge in [0.1, 0.15) is 5.75 Å². The third kappa shape index (κ3) is 2.68. The lowest BCUT2D eigenvalue weighted by molar-refractivity contribution is 0.415. The molecule has 0 amide bonds. The van der Waals surface area contributed by atoms with Crippen molar-refractivity contribution < 1.29 is 4.74 Å². The molecule has 0 saturated carbocycles. The molecule has 0 N–H and O–H groups in total. The van der Waals surface area contributed by atoms with Crippen LogP contribution in [0.25, 0.3) is 0 Å². The molecule has 6 heteroatoms. The van der Waals surface area contributed by atoms with Crippen molar-refractivity contribution in [3.63, 3.8) is 0 Å². The molecule has 2 heterocycles. The van der Waals surface area contributed by atoms with E-state index < -0.39 is 0 Å². The lowest BCUT2D eigenvalue weighted by Crippen LogP contribution is -2.21. The Balaban J connectivity index is 2.00. The van der Waals surface area contributed by atoms with Gasteiger partial charge in [-0.1, -0.05) is 32.5 Å². The van der Waals surface area contributed by atoms with Crippen LogP contribution in [0.2, 0.25) is 0 Å². The smallest absolute Gasteiger partial charge is 0.212 e. The van der Waals surface area contributed by atoms with Crippen LogP contribution in [-0.4, -0.2) is 33.4 Å². The number of rotatable bonds is 2. The average molecular weight is 302 g/mol. The van der Waals surface area contributed by atoms with Gasteiger partial charge in [0.15, 0.2) is 5.82 Å². The van der Waals surface area contributed by atoms with Crippen LogP contribution in [0.4, 0.5) is 0 Å². The van der Waals surface area contributed by atoms with E-state index in [1.165, 1.54) is 0 Å². The number of hydrogen-bond donors (Lipinski definition) is 0. The maximum atomic E-state index is 5.19. The van der Waals surface area contributed by atoms with E-state index in [9.17, 15) is 0 Å². The van der Waals surface area contributed by atoms with Crippen LogP contribution in [-0.2, 0) is 5.41 Å². The average Bonchev–Trinajstić information content (AvgIpc) is 2.90. The molecular weight excluding hydrogens is 284 g/mol. The summed E-state index contributed by atoms with van der Waals surface area (Å²) in [5, 5.41) is 14.1. The molecule has 0 unspecified atom stereocenters. The highest BCUT2D eigenvalue weighted by atomic mass is 32.2. The molecule has 1 aliphatic rings. The summed E-state index contributed by atoms with van der Waals surface area (Å²) in [6.07, 6.45) is 0. The summed E-state index contributed by atoms with van der Waals surface area (Å²) in [4.78, 5) is 0. The zero-order chi connectivity index (χ0) is 15.0. The highest BCUT2D eigenvalue weighted by molar-refractivity contribution is 7.99. The Morgan fingerprint density at radius 2 is 1.86 bits per heavy atom. The number of methoxy groups -OCH3 is 1. The molecule has 0 spiro atoms. The monoisotopic (exact) mass is 302 g/mol. The van der Waals surface area contributed by atoms with E-state index in [1.54, 1.807) is 18.9 Å². The van der Waals surface area contributed by atoms with Crippen molar-refractivity contribution >= 4 is 17.5 Å². The fourth-order valence-corrected chi connectivity index (χ4v) is 2.96. The van der Waals surface area contributed by atoms with Gasteiger partial charge in [0.05, 0.1) is 12.8 Å². The summed E-state index contributed by atoms with van der Waals surface area (Å²) < 4.78 is 7.06. The zero-order valence-corrected chi connectivity index (χ0v) is 13.4. The molecule has 0 radical (unpaired) electrons. The summed E-state index contributed by atoms with van der Waals surface area (Å²) in [7, 11) is 1.67. The second kappa shape index (κ2) is 5.18. The van der Waals surface area contributed by atoms with Gasteiger partial charge < -0.3 is 4.74 Å². The van der Waals surface area contributed by atoms with Gasteiger partial charge in [-0.2, -0.15) is 9.78 Å². The fourth-order valence-electron chi connectivity index (χ4n) is 2.12. The molecule has 0 saturated heterocycles. The minimum Gasteiger partial charge on any atom is -0.497 e. The van der Waals surface area contributed by atoms with Crippen molar-refractivity contribution in [2.75, 3.05) is 12.9 Å². The first-order valence-corrected chi connectivity index (χ1v) is 7.78. The van der Waals surface area contributed by atoms with E-state index in [0.717, 1.165) is 33.8 Å². The topological polar surface area (TPSA) is 52.3 Å². The highest BCUT2D eigenvalue weighted by Crippen LogP contribution is 2.29. The summed E-state index contributed by atoms with van der Waals surface area (Å²) in [5.74, 6) is 2.54. The van der Waals surface area contributed by atoms with Crippen LogP contribution in [0.15, 0.2) is 34.5 Å². The maximum absolute atomic E-state index is 5.19. The summed E-state index contributed by atoms with van der Waals surface area (Å²) in [6, 6.07) is 7.97. The second-order valence-electron chi connectivity index (χ2n) is 5.93. The lowest BCUT2D eigenvalue weighted by Gasteiger charge is -2.19. The largest absolute Gasteiger partial charge is 0.497 e. The van der Waals surface area contributed by atoms with Crippen LogP contribution in [0, 0.1) is 0 Å². The normalized spacial score (nSPS) is 14.6. The molecule has 1 aliphatic heterocycles. The zero-order valence-electron chi connectivity index (χ0n) is 12.6. The summed E-state index contributed by atoms with van der Waals surface area (Å²) >= 11 is 1.67. The van der Waals surface area contributed by atoms with Gasteiger partial charge in [0, 0.05) is 11.2 Å². The number of ether oxygens (including phenoxy) is 1. The van der Waals surface area contributed by atoms with E-state index in [2.05, 4.69) is 31.0 Å². The van der Waals surface area contributed by atoms with Crippen LogP contribution in [0.5, 0.6) is 5.75 Å². The van der Waals surface area contributed by atoms with Gasteiger partial charge in [0.25, 0.3) is 0 Å². The summed E-state index contributed by atoms with van der Waals surface area (Å²) in [6.45, 7) is 6.35. The molecule has 5 nitrogen and oxygen atoms in total. The Kier molecular flexibility index (Phi) is 3.49. The van der Waals surface area contributed by atoms with E-state index in [1.807, 2.05) is 28.9 Å². The van der Waals surface area contributed by atoms with E-state index in [0.29, 0.717) is 0 Å². The van der Waals surface area contributed by atoms with Crippen molar-refractivity contribution in [2.45, 2.75) is 31.3 Å². The quantitative estimate of drug-likeness (QED) is 0.856. The molecule has 0 fully saturated rings. The van der Waals surface area contributed by atoms with E-state index in [-0.39, 0.29) is 5.41 Å². The Morgan fingerprint density at radius 3 is 2.48 bits per heavy atom. The third-order valence-corrected chi connectivity index (χ3v) is 4.20. The van der Waals surface area contributed by atoms with Crippen molar-refractivity contribution in [1.29, 1.82) is 0 Å². The molecule has 0 aliphatic carbocycles. The van der Waals surface area contributed by atoms with Crippen molar-refractivity contribution in [3.05, 3.63) is 35.7 Å². The van der Waals surface area contributed by atoms with Gasteiger partial charge in [-0.3, -0.25) is 0 Å². The molecule has 110 valence electrons. The van der Waals surface area contributed by atoms with Gasteiger partial charge in [-0.25, -0.2) is 0 Å². The lowest BCUT2D eigenvalue weighted by atomic mass is 9.96. The Hall–Kier alpha value is -1.82. The van der Waals surface area contributed by atoms with Gasteiger partial charge in [0.2, 0.25) is 5.16 Å². The number of nitrogens with zero attached hydrogens (tertiary/aromatic N) is 4. The molecule has 21 heavy (non-hydrogen) atoms. The Morgan fingerprint density at radius 1 is 1.14 bits per heavy atom. The minimum atomic E-state index is -0.0856. The van der Waals surface area contributed by atoms with Crippen LogP contribution >= 0.6 is 11.8 Å². The van der Waals surface area contributed by atoms with Crippen molar-refractivity contribution in [2.24, 2.45) is 5.10 Å². The van der Waals surface area contributed by atoms with Crippen molar-refractivity contribution in [3.8, 4) is 5.75 Å². The molecule has 0 bridgehead atoms. The number of aromatic nitrogens is 3. The number of hydrogen-bond acceptors (Lipinski definition) is 5. The number of benzene rings is 1. The van der Waals surface area contributed by atoms with Crippen LogP contribution < -0.4 is 4.74 Å². The molecule has 1 aromatic heterocycles. The first-order chi connectivity index (χ1) is 9.99. The third-order valence-electron chi connectivity index (χ3n) is 3.26. The van der Waals surface area contributed by atoms with Gasteiger partial charge in [-0.05, 0) is 29.8 Å². The Labute approximate surface area is 128 Å². The summed E-state index contributed by atoms with van der Waals surface area (Å²) in [5.41, 5.74) is 2.04. The molecule has 1 aromatic carbocycles. The molecular formula is C15H18N4OS. The highest BCUT2D eigenvalue weighted by Gasteiger charge is 2.27. The van der Waals surface area contributed by atoms with Crippen LogP contribution in [0.3, 0.4) is 0 Å². The molecule has 3 rings (SSSR count). The standard InChI is InChI=1S/C15H18N4OS/c1-15(2,3)13-16-17-14-19(13)18-12(9-21-14)10-5-7-11(20-4)8-6-10/h5-8H,9H2,1-4H3. The SMILES string of the molecule is COc1ccc(C2=Nn3c(nnc3C(C)(C)C)SC2)cc1.